The van der Waals surface area contributed by atoms with E-state index in [1.54, 1.807) is 0 Å². The highest BCUT2D eigenvalue weighted by molar-refractivity contribution is 6.06. The van der Waals surface area contributed by atoms with Gasteiger partial charge in [-0.05, 0) is 36.5 Å². The number of fused-ring (bicyclic) bond motifs is 2. The fraction of sp³-hybridized carbons (Fsp3) is 0.611. The smallest absolute Gasteiger partial charge is 0.292 e. The van der Waals surface area contributed by atoms with E-state index >= 15 is 0 Å². The number of ether oxygens (including phenoxy) is 2. The van der Waals surface area contributed by atoms with E-state index in [0.717, 1.165) is 30.5 Å². The zero-order chi connectivity index (χ0) is 15.7. The Morgan fingerprint density at radius 3 is 2.64 bits per heavy atom. The van der Waals surface area contributed by atoms with Crippen LogP contribution in [0.15, 0.2) is 18.2 Å². The Labute approximate surface area is 132 Å². The molecule has 1 fully saturated rings. The summed E-state index contributed by atoms with van der Waals surface area (Å²) in [6.07, 6.45) is 3.34. The van der Waals surface area contributed by atoms with E-state index in [1.165, 1.54) is 5.56 Å². The average Bonchev–Trinajstić information content (AvgIpc) is 3.07. The summed E-state index contributed by atoms with van der Waals surface area (Å²) in [5.74, 6) is -0.860. The number of rotatable bonds is 5. The first kappa shape index (κ1) is 15.5. The standard InChI is InChI=1S/C18H25NO3/c1-4-5-6-14-7-8-16-15(11-14)18(21-9-10-22-18)17(20)19(16)12-13(2)3/h7-8,11,13H,4-6,9-10,12H2,1-3H3. The Balaban J connectivity index is 2.01. The molecule has 0 saturated carbocycles. The topological polar surface area (TPSA) is 38.8 Å². The quantitative estimate of drug-likeness (QED) is 0.838. The van der Waals surface area contributed by atoms with Crippen LogP contribution in [0, 0.1) is 5.92 Å². The highest BCUT2D eigenvalue weighted by atomic mass is 16.7. The number of nitrogens with zero attached hydrogens (tertiary/aromatic N) is 1. The van der Waals surface area contributed by atoms with Gasteiger partial charge in [0.05, 0.1) is 18.9 Å². The van der Waals surface area contributed by atoms with Gasteiger partial charge in [-0.2, -0.15) is 0 Å². The van der Waals surface area contributed by atoms with Gasteiger partial charge < -0.3 is 14.4 Å². The molecule has 22 heavy (non-hydrogen) atoms. The molecule has 1 aromatic rings. The molecule has 1 aromatic carbocycles. The summed E-state index contributed by atoms with van der Waals surface area (Å²) in [5.41, 5.74) is 3.09. The largest absolute Gasteiger partial charge is 0.336 e. The van der Waals surface area contributed by atoms with Gasteiger partial charge in [-0.3, -0.25) is 4.79 Å². The van der Waals surface area contributed by atoms with Crippen LogP contribution in [-0.4, -0.2) is 25.7 Å². The van der Waals surface area contributed by atoms with Gasteiger partial charge in [-0.15, -0.1) is 0 Å². The normalized spacial score (nSPS) is 19.5. The Morgan fingerprint density at radius 1 is 1.27 bits per heavy atom. The van der Waals surface area contributed by atoms with Crippen LogP contribution in [0.4, 0.5) is 5.69 Å². The van der Waals surface area contributed by atoms with Crippen LogP contribution in [0.2, 0.25) is 0 Å². The van der Waals surface area contributed by atoms with Gasteiger partial charge in [-0.25, -0.2) is 0 Å². The van der Waals surface area contributed by atoms with Crippen molar-refractivity contribution in [1.29, 1.82) is 0 Å². The molecule has 120 valence electrons. The molecule has 1 spiro atoms. The van der Waals surface area contributed by atoms with Crippen LogP contribution in [0.25, 0.3) is 0 Å². The van der Waals surface area contributed by atoms with E-state index in [9.17, 15) is 4.79 Å². The van der Waals surface area contributed by atoms with Crippen LogP contribution in [0.3, 0.4) is 0 Å². The second kappa shape index (κ2) is 6.01. The van der Waals surface area contributed by atoms with Gasteiger partial charge in [0.15, 0.2) is 0 Å². The number of hydrogen-bond donors (Lipinski definition) is 0. The Hall–Kier alpha value is -1.39. The molecule has 1 amide bonds. The number of aryl methyl sites for hydroxylation is 1. The number of benzene rings is 1. The molecule has 4 nitrogen and oxygen atoms in total. The van der Waals surface area contributed by atoms with Crippen molar-refractivity contribution in [3.8, 4) is 0 Å². The van der Waals surface area contributed by atoms with Gasteiger partial charge >= 0.3 is 0 Å². The van der Waals surface area contributed by atoms with E-state index in [-0.39, 0.29) is 5.91 Å². The van der Waals surface area contributed by atoms with Gasteiger partial charge in [0.25, 0.3) is 11.7 Å². The summed E-state index contributed by atoms with van der Waals surface area (Å²) >= 11 is 0. The van der Waals surface area contributed by atoms with E-state index < -0.39 is 5.79 Å². The number of carbonyl (C=O) groups excluding carboxylic acids is 1. The zero-order valence-corrected chi connectivity index (χ0v) is 13.7. The van der Waals surface area contributed by atoms with Crippen LogP contribution >= 0.6 is 0 Å². The second-order valence-corrected chi connectivity index (χ2v) is 6.58. The van der Waals surface area contributed by atoms with E-state index in [0.29, 0.717) is 25.7 Å². The molecule has 2 heterocycles. The summed E-state index contributed by atoms with van der Waals surface area (Å²) < 4.78 is 11.6. The number of unbranched alkanes of at least 4 members (excludes halogenated alkanes) is 1. The van der Waals surface area contributed by atoms with Gasteiger partial charge in [0.2, 0.25) is 0 Å². The molecule has 0 bridgehead atoms. The van der Waals surface area contributed by atoms with Crippen molar-refractivity contribution in [2.45, 2.75) is 45.8 Å². The molecule has 1 saturated heterocycles. The lowest BCUT2D eigenvalue weighted by Crippen LogP contribution is -2.42. The minimum Gasteiger partial charge on any atom is -0.336 e. The SMILES string of the molecule is CCCCc1ccc2c(c1)C1(OCCO1)C(=O)N2CC(C)C. The van der Waals surface area contributed by atoms with Crippen molar-refractivity contribution in [3.63, 3.8) is 0 Å². The number of amides is 1. The van der Waals surface area contributed by atoms with Crippen molar-refractivity contribution >= 4 is 11.6 Å². The highest BCUT2D eigenvalue weighted by Gasteiger charge is 2.56. The maximum absolute atomic E-state index is 12.9. The van der Waals surface area contributed by atoms with Crippen molar-refractivity contribution < 1.29 is 14.3 Å². The Morgan fingerprint density at radius 2 is 2.00 bits per heavy atom. The summed E-state index contributed by atoms with van der Waals surface area (Å²) in [5, 5.41) is 0. The molecular weight excluding hydrogens is 278 g/mol. The third kappa shape index (κ3) is 2.44. The van der Waals surface area contributed by atoms with Gasteiger partial charge in [0.1, 0.15) is 0 Å². The zero-order valence-electron chi connectivity index (χ0n) is 13.7. The highest BCUT2D eigenvalue weighted by Crippen LogP contribution is 2.46. The number of hydrogen-bond acceptors (Lipinski definition) is 3. The average molecular weight is 303 g/mol. The summed E-state index contributed by atoms with van der Waals surface area (Å²) in [6, 6.07) is 6.29. The maximum atomic E-state index is 12.9. The predicted octanol–water partition coefficient (Wildman–Crippen LogP) is 3.23. The molecule has 3 rings (SSSR count). The molecule has 0 unspecified atom stereocenters. The lowest BCUT2D eigenvalue weighted by molar-refractivity contribution is -0.180. The molecular formula is C18H25NO3. The molecule has 0 radical (unpaired) electrons. The van der Waals surface area contributed by atoms with E-state index in [2.05, 4.69) is 39.0 Å². The van der Waals surface area contributed by atoms with Crippen LogP contribution in [0.1, 0.15) is 44.7 Å². The van der Waals surface area contributed by atoms with Crippen LogP contribution < -0.4 is 4.90 Å². The summed E-state index contributed by atoms with van der Waals surface area (Å²) in [7, 11) is 0. The number of anilines is 1. The molecule has 2 aliphatic rings. The van der Waals surface area contributed by atoms with Crippen molar-refractivity contribution in [3.05, 3.63) is 29.3 Å². The van der Waals surface area contributed by atoms with Crippen molar-refractivity contribution in [1.82, 2.24) is 0 Å². The first-order valence-electron chi connectivity index (χ1n) is 8.31. The van der Waals surface area contributed by atoms with Gasteiger partial charge in [0, 0.05) is 12.1 Å². The minimum atomic E-state index is -1.19. The Bertz CT molecular complexity index is 561. The summed E-state index contributed by atoms with van der Waals surface area (Å²) in [6.45, 7) is 8.05. The Kier molecular flexibility index (Phi) is 4.24. The van der Waals surface area contributed by atoms with Crippen LogP contribution in [-0.2, 0) is 26.5 Å². The molecule has 0 N–H and O–H groups in total. The third-order valence-electron chi connectivity index (χ3n) is 4.29. The third-order valence-corrected chi connectivity index (χ3v) is 4.29. The fourth-order valence-corrected chi connectivity index (χ4v) is 3.26. The first-order valence-corrected chi connectivity index (χ1v) is 8.31. The lowest BCUT2D eigenvalue weighted by Gasteiger charge is -2.23. The maximum Gasteiger partial charge on any atom is 0.292 e. The van der Waals surface area contributed by atoms with Crippen molar-refractivity contribution in [2.75, 3.05) is 24.7 Å². The molecule has 2 aliphatic heterocycles. The molecule has 0 aromatic heterocycles. The monoisotopic (exact) mass is 303 g/mol. The van der Waals surface area contributed by atoms with Gasteiger partial charge in [-0.1, -0.05) is 33.3 Å². The fourth-order valence-electron chi connectivity index (χ4n) is 3.26. The molecule has 0 aliphatic carbocycles. The second-order valence-electron chi connectivity index (χ2n) is 6.58. The number of carbonyl (C=O) groups is 1. The predicted molar refractivity (Wildman–Crippen MR) is 85.8 cm³/mol. The molecule has 0 atom stereocenters. The minimum absolute atomic E-state index is 0.0682. The first-order chi connectivity index (χ1) is 10.6. The molecule has 4 heteroatoms. The lowest BCUT2D eigenvalue weighted by atomic mass is 10.0. The van der Waals surface area contributed by atoms with Crippen molar-refractivity contribution in [2.24, 2.45) is 5.92 Å². The van der Waals surface area contributed by atoms with E-state index in [1.807, 2.05) is 4.90 Å². The van der Waals surface area contributed by atoms with E-state index in [4.69, 9.17) is 9.47 Å². The summed E-state index contributed by atoms with van der Waals surface area (Å²) in [4.78, 5) is 14.8. The van der Waals surface area contributed by atoms with Crippen LogP contribution in [0.5, 0.6) is 0 Å².